The number of hydrogen-bond donors (Lipinski definition) is 0. The van der Waals surface area contributed by atoms with Crippen molar-refractivity contribution in [2.24, 2.45) is 5.92 Å². The van der Waals surface area contributed by atoms with Crippen LogP contribution >= 0.6 is 0 Å². The van der Waals surface area contributed by atoms with Crippen molar-refractivity contribution in [2.45, 2.75) is 32.7 Å². The molecule has 0 amide bonds. The SMILES string of the molecule is Cc1cccc(CN(C)CCC2CCOCC2)n1. The number of aryl methyl sites for hydroxylation is 1. The van der Waals surface area contributed by atoms with Gasteiger partial charge >= 0.3 is 0 Å². The van der Waals surface area contributed by atoms with Crippen molar-refractivity contribution in [3.8, 4) is 0 Å². The van der Waals surface area contributed by atoms with Gasteiger partial charge in [0.1, 0.15) is 0 Å². The van der Waals surface area contributed by atoms with E-state index in [2.05, 4.69) is 29.1 Å². The molecule has 1 aliphatic heterocycles. The van der Waals surface area contributed by atoms with E-state index in [1.165, 1.54) is 25.0 Å². The maximum absolute atomic E-state index is 5.39. The number of ether oxygens (including phenoxy) is 1. The number of pyridine rings is 1. The lowest BCUT2D eigenvalue weighted by Crippen LogP contribution is -2.24. The van der Waals surface area contributed by atoms with Crippen LogP contribution in [0.2, 0.25) is 0 Å². The molecule has 2 rings (SSSR count). The van der Waals surface area contributed by atoms with E-state index in [9.17, 15) is 0 Å². The van der Waals surface area contributed by atoms with E-state index in [0.717, 1.165) is 37.9 Å². The van der Waals surface area contributed by atoms with E-state index in [4.69, 9.17) is 4.74 Å². The standard InChI is InChI=1S/C15H24N2O/c1-13-4-3-5-15(16-13)12-17(2)9-6-14-7-10-18-11-8-14/h3-5,14H,6-12H2,1-2H3. The summed E-state index contributed by atoms with van der Waals surface area (Å²) in [6.07, 6.45) is 3.75. The zero-order valence-corrected chi connectivity index (χ0v) is 11.6. The summed E-state index contributed by atoms with van der Waals surface area (Å²) in [5, 5.41) is 0. The third-order valence-corrected chi connectivity index (χ3v) is 3.64. The van der Waals surface area contributed by atoms with Gasteiger partial charge in [0.2, 0.25) is 0 Å². The summed E-state index contributed by atoms with van der Waals surface area (Å²) in [5.41, 5.74) is 2.27. The Morgan fingerprint density at radius 3 is 2.83 bits per heavy atom. The average molecular weight is 248 g/mol. The zero-order chi connectivity index (χ0) is 12.8. The van der Waals surface area contributed by atoms with Gasteiger partial charge in [0.25, 0.3) is 0 Å². The highest BCUT2D eigenvalue weighted by atomic mass is 16.5. The minimum absolute atomic E-state index is 0.853. The van der Waals surface area contributed by atoms with Crippen molar-refractivity contribution in [3.05, 3.63) is 29.6 Å². The Bertz CT molecular complexity index is 361. The first kappa shape index (κ1) is 13.5. The van der Waals surface area contributed by atoms with Gasteiger partial charge in [-0.15, -0.1) is 0 Å². The number of aromatic nitrogens is 1. The average Bonchev–Trinajstić information content (AvgIpc) is 2.38. The third-order valence-electron chi connectivity index (χ3n) is 3.64. The van der Waals surface area contributed by atoms with Gasteiger partial charge in [-0.1, -0.05) is 6.07 Å². The first-order chi connectivity index (χ1) is 8.74. The van der Waals surface area contributed by atoms with E-state index in [-0.39, 0.29) is 0 Å². The van der Waals surface area contributed by atoms with E-state index in [0.29, 0.717) is 0 Å². The van der Waals surface area contributed by atoms with Crippen molar-refractivity contribution >= 4 is 0 Å². The number of hydrogen-bond acceptors (Lipinski definition) is 3. The topological polar surface area (TPSA) is 25.4 Å². The van der Waals surface area contributed by atoms with Crippen molar-refractivity contribution in [1.82, 2.24) is 9.88 Å². The van der Waals surface area contributed by atoms with Crippen LogP contribution in [0, 0.1) is 12.8 Å². The molecule has 100 valence electrons. The predicted molar refractivity (Wildman–Crippen MR) is 73.5 cm³/mol. The lowest BCUT2D eigenvalue weighted by atomic mass is 9.96. The lowest BCUT2D eigenvalue weighted by Gasteiger charge is -2.24. The van der Waals surface area contributed by atoms with Crippen LogP contribution in [0.25, 0.3) is 0 Å². The first-order valence-corrected chi connectivity index (χ1v) is 6.93. The van der Waals surface area contributed by atoms with Crippen LogP contribution in [-0.4, -0.2) is 36.7 Å². The molecule has 0 bridgehead atoms. The second-order valence-corrected chi connectivity index (χ2v) is 5.35. The molecule has 1 aliphatic rings. The molecule has 0 aliphatic carbocycles. The van der Waals surface area contributed by atoms with Crippen molar-refractivity contribution < 1.29 is 4.74 Å². The Hall–Kier alpha value is -0.930. The molecule has 3 nitrogen and oxygen atoms in total. The molecule has 0 radical (unpaired) electrons. The van der Waals surface area contributed by atoms with Crippen LogP contribution in [0.5, 0.6) is 0 Å². The molecule has 0 unspecified atom stereocenters. The molecule has 0 atom stereocenters. The highest BCUT2D eigenvalue weighted by Gasteiger charge is 2.14. The molecule has 0 aromatic carbocycles. The van der Waals surface area contributed by atoms with Gasteiger partial charge in [0.05, 0.1) is 5.69 Å². The molecule has 0 N–H and O–H groups in total. The summed E-state index contributed by atoms with van der Waals surface area (Å²) in [6, 6.07) is 6.24. The molecule has 1 aromatic rings. The van der Waals surface area contributed by atoms with Crippen LogP contribution < -0.4 is 0 Å². The Morgan fingerprint density at radius 2 is 2.11 bits per heavy atom. The van der Waals surface area contributed by atoms with Crippen molar-refractivity contribution in [3.63, 3.8) is 0 Å². The Balaban J connectivity index is 1.72. The van der Waals surface area contributed by atoms with E-state index in [1.54, 1.807) is 0 Å². The van der Waals surface area contributed by atoms with Crippen molar-refractivity contribution in [1.29, 1.82) is 0 Å². The lowest BCUT2D eigenvalue weighted by molar-refractivity contribution is 0.0607. The van der Waals surface area contributed by atoms with E-state index >= 15 is 0 Å². The molecule has 0 spiro atoms. The molecule has 2 heterocycles. The molecular formula is C15H24N2O. The fourth-order valence-electron chi connectivity index (χ4n) is 2.48. The normalized spacial score (nSPS) is 17.3. The smallest absolute Gasteiger partial charge is 0.0547 e. The molecular weight excluding hydrogens is 224 g/mol. The fraction of sp³-hybridized carbons (Fsp3) is 0.667. The molecule has 3 heteroatoms. The summed E-state index contributed by atoms with van der Waals surface area (Å²) in [7, 11) is 2.18. The van der Waals surface area contributed by atoms with Gasteiger partial charge in [0.15, 0.2) is 0 Å². The summed E-state index contributed by atoms with van der Waals surface area (Å²) in [6.45, 7) is 6.05. The summed E-state index contributed by atoms with van der Waals surface area (Å²) in [4.78, 5) is 6.92. The zero-order valence-electron chi connectivity index (χ0n) is 11.6. The quantitative estimate of drug-likeness (QED) is 0.801. The van der Waals surface area contributed by atoms with Crippen molar-refractivity contribution in [2.75, 3.05) is 26.8 Å². The van der Waals surface area contributed by atoms with E-state index < -0.39 is 0 Å². The monoisotopic (exact) mass is 248 g/mol. The molecule has 1 aromatic heterocycles. The van der Waals surface area contributed by atoms with Crippen LogP contribution in [0.1, 0.15) is 30.7 Å². The van der Waals surface area contributed by atoms with Crippen LogP contribution in [0.3, 0.4) is 0 Å². The molecule has 1 fully saturated rings. The second kappa shape index (κ2) is 6.86. The Kier molecular flexibility index (Phi) is 5.14. The van der Waals surface area contributed by atoms with Gasteiger partial charge < -0.3 is 9.64 Å². The number of nitrogens with zero attached hydrogens (tertiary/aromatic N) is 2. The summed E-state index contributed by atoms with van der Waals surface area (Å²) in [5.74, 6) is 0.853. The maximum Gasteiger partial charge on any atom is 0.0547 e. The van der Waals surface area contributed by atoms with Crippen LogP contribution in [0.15, 0.2) is 18.2 Å². The fourth-order valence-corrected chi connectivity index (χ4v) is 2.48. The Labute approximate surface area is 110 Å². The highest BCUT2D eigenvalue weighted by Crippen LogP contribution is 2.18. The first-order valence-electron chi connectivity index (χ1n) is 6.93. The molecule has 18 heavy (non-hydrogen) atoms. The molecule has 1 saturated heterocycles. The van der Waals surface area contributed by atoms with Gasteiger partial charge in [-0.05, 0) is 57.8 Å². The Morgan fingerprint density at radius 1 is 1.33 bits per heavy atom. The van der Waals surface area contributed by atoms with Crippen LogP contribution in [0.4, 0.5) is 0 Å². The minimum Gasteiger partial charge on any atom is -0.381 e. The van der Waals surface area contributed by atoms with Gasteiger partial charge in [-0.3, -0.25) is 4.98 Å². The summed E-state index contributed by atoms with van der Waals surface area (Å²) < 4.78 is 5.39. The van der Waals surface area contributed by atoms with Gasteiger partial charge in [-0.25, -0.2) is 0 Å². The second-order valence-electron chi connectivity index (χ2n) is 5.35. The predicted octanol–water partition coefficient (Wildman–Crippen LogP) is 2.64. The molecule has 0 saturated carbocycles. The van der Waals surface area contributed by atoms with Gasteiger partial charge in [-0.2, -0.15) is 0 Å². The number of rotatable bonds is 5. The minimum atomic E-state index is 0.853. The summed E-state index contributed by atoms with van der Waals surface area (Å²) >= 11 is 0. The largest absolute Gasteiger partial charge is 0.381 e. The third kappa shape index (κ3) is 4.39. The highest BCUT2D eigenvalue weighted by molar-refractivity contribution is 5.09. The van der Waals surface area contributed by atoms with Gasteiger partial charge in [0, 0.05) is 25.5 Å². The maximum atomic E-state index is 5.39. The van der Waals surface area contributed by atoms with Crippen LogP contribution in [-0.2, 0) is 11.3 Å². The van der Waals surface area contributed by atoms with E-state index in [1.807, 2.05) is 13.0 Å².